The van der Waals surface area contributed by atoms with Crippen molar-refractivity contribution in [1.29, 1.82) is 0 Å². The van der Waals surface area contributed by atoms with Crippen LogP contribution in [0.15, 0.2) is 42.6 Å². The highest BCUT2D eigenvalue weighted by molar-refractivity contribution is 5.88. The van der Waals surface area contributed by atoms with Gasteiger partial charge in [0, 0.05) is 12.3 Å². The van der Waals surface area contributed by atoms with Gasteiger partial charge >= 0.3 is 5.97 Å². The lowest BCUT2D eigenvalue weighted by Crippen LogP contribution is -2.09. The first-order valence-corrected chi connectivity index (χ1v) is 5.14. The lowest BCUT2D eigenvalue weighted by Gasteiger charge is -2.07. The van der Waals surface area contributed by atoms with Crippen LogP contribution in [0.1, 0.15) is 10.5 Å². The molecule has 0 aliphatic carbocycles. The van der Waals surface area contributed by atoms with Crippen molar-refractivity contribution in [2.45, 2.75) is 0 Å². The molecule has 0 radical (unpaired) electrons. The molecule has 6 nitrogen and oxygen atoms in total. The first-order chi connectivity index (χ1) is 8.65. The van der Waals surface area contributed by atoms with Crippen LogP contribution >= 0.6 is 0 Å². The molecular formula is C12H10N2O4. The second-order valence-electron chi connectivity index (χ2n) is 3.50. The van der Waals surface area contributed by atoms with Gasteiger partial charge in [-0.25, -0.2) is 4.79 Å². The third-order valence-corrected chi connectivity index (χ3v) is 2.48. The van der Waals surface area contributed by atoms with Crippen molar-refractivity contribution in [3.05, 3.63) is 58.4 Å². The largest absolute Gasteiger partial charge is 0.464 e. The van der Waals surface area contributed by atoms with E-state index in [2.05, 4.69) is 4.74 Å². The van der Waals surface area contributed by atoms with E-state index < -0.39 is 10.9 Å². The quantitative estimate of drug-likeness (QED) is 0.472. The second-order valence-corrected chi connectivity index (χ2v) is 3.50. The number of nitro groups is 1. The fourth-order valence-electron chi connectivity index (χ4n) is 1.68. The smallest absolute Gasteiger partial charge is 0.355 e. The Balaban J connectivity index is 2.60. The third kappa shape index (κ3) is 1.95. The van der Waals surface area contributed by atoms with Crippen molar-refractivity contribution in [2.75, 3.05) is 7.11 Å². The van der Waals surface area contributed by atoms with Gasteiger partial charge in [-0.05, 0) is 18.2 Å². The number of rotatable bonds is 3. The van der Waals surface area contributed by atoms with Gasteiger partial charge in [0.15, 0.2) is 0 Å². The Hall–Kier alpha value is -2.63. The molecule has 0 bridgehead atoms. The molecule has 18 heavy (non-hydrogen) atoms. The van der Waals surface area contributed by atoms with Gasteiger partial charge in [0.05, 0.1) is 12.0 Å². The Labute approximate surface area is 103 Å². The van der Waals surface area contributed by atoms with E-state index in [-0.39, 0.29) is 11.4 Å². The number of nitrogens with zero attached hydrogens (tertiary/aromatic N) is 2. The molecule has 0 spiro atoms. The van der Waals surface area contributed by atoms with Crippen LogP contribution in [-0.2, 0) is 4.74 Å². The van der Waals surface area contributed by atoms with Crippen molar-refractivity contribution < 1.29 is 14.5 Å². The SMILES string of the molecule is COC(=O)c1cccn1-c1ccccc1[N+](=O)[O-]. The lowest BCUT2D eigenvalue weighted by atomic mass is 10.2. The number of hydrogen-bond donors (Lipinski definition) is 0. The maximum atomic E-state index is 11.5. The Morgan fingerprint density at radius 3 is 2.67 bits per heavy atom. The topological polar surface area (TPSA) is 74.4 Å². The second kappa shape index (κ2) is 4.70. The highest BCUT2D eigenvalue weighted by atomic mass is 16.6. The van der Waals surface area contributed by atoms with Gasteiger partial charge in [0.2, 0.25) is 0 Å². The van der Waals surface area contributed by atoms with E-state index in [4.69, 9.17) is 0 Å². The summed E-state index contributed by atoms with van der Waals surface area (Å²) in [5.41, 5.74) is 0.499. The van der Waals surface area contributed by atoms with E-state index >= 15 is 0 Å². The van der Waals surface area contributed by atoms with Crippen LogP contribution in [0.3, 0.4) is 0 Å². The zero-order valence-electron chi connectivity index (χ0n) is 9.57. The number of carbonyl (C=O) groups is 1. The molecule has 1 aromatic carbocycles. The fraction of sp³-hybridized carbons (Fsp3) is 0.0833. The number of nitro benzene ring substituents is 1. The van der Waals surface area contributed by atoms with Crippen molar-refractivity contribution in [1.82, 2.24) is 4.57 Å². The molecule has 0 N–H and O–H groups in total. The van der Waals surface area contributed by atoms with Gasteiger partial charge in [-0.1, -0.05) is 12.1 Å². The molecule has 0 saturated heterocycles. The predicted molar refractivity (Wildman–Crippen MR) is 63.8 cm³/mol. The summed E-state index contributed by atoms with van der Waals surface area (Å²) < 4.78 is 6.06. The average molecular weight is 246 g/mol. The zero-order chi connectivity index (χ0) is 13.1. The molecule has 1 aromatic heterocycles. The summed E-state index contributed by atoms with van der Waals surface area (Å²) in [6, 6.07) is 9.37. The van der Waals surface area contributed by atoms with Crippen LogP contribution in [0, 0.1) is 10.1 Å². The number of para-hydroxylation sites is 2. The summed E-state index contributed by atoms with van der Waals surface area (Å²) >= 11 is 0. The molecule has 6 heteroatoms. The van der Waals surface area contributed by atoms with Crippen LogP contribution in [0.2, 0.25) is 0 Å². The van der Waals surface area contributed by atoms with Gasteiger partial charge in [-0.15, -0.1) is 0 Å². The number of methoxy groups -OCH3 is 1. The number of hydrogen-bond acceptors (Lipinski definition) is 4. The molecule has 0 atom stereocenters. The maximum absolute atomic E-state index is 11.5. The Bertz CT molecular complexity index is 604. The number of esters is 1. The highest BCUT2D eigenvalue weighted by Gasteiger charge is 2.19. The van der Waals surface area contributed by atoms with Gasteiger partial charge in [-0.2, -0.15) is 0 Å². The summed E-state index contributed by atoms with van der Waals surface area (Å²) in [5, 5.41) is 10.9. The molecule has 2 rings (SSSR count). The number of ether oxygens (including phenoxy) is 1. The zero-order valence-corrected chi connectivity index (χ0v) is 9.57. The summed E-state index contributed by atoms with van der Waals surface area (Å²) in [5.74, 6) is -0.543. The fourth-order valence-corrected chi connectivity index (χ4v) is 1.68. The third-order valence-electron chi connectivity index (χ3n) is 2.48. The standard InChI is InChI=1S/C12H10N2O4/c1-18-12(15)11-7-4-8-13(11)9-5-2-3-6-10(9)14(16)17/h2-8H,1H3. The summed E-state index contributed by atoms with van der Waals surface area (Å²) in [6.07, 6.45) is 1.58. The summed E-state index contributed by atoms with van der Waals surface area (Å²) in [7, 11) is 1.26. The molecular weight excluding hydrogens is 236 g/mol. The van der Waals surface area contributed by atoms with Crippen LogP contribution < -0.4 is 0 Å². The molecule has 0 fully saturated rings. The molecule has 92 valence electrons. The minimum atomic E-state index is -0.543. The Morgan fingerprint density at radius 1 is 1.28 bits per heavy atom. The van der Waals surface area contributed by atoms with E-state index in [0.717, 1.165) is 0 Å². The summed E-state index contributed by atoms with van der Waals surface area (Å²) in [6.45, 7) is 0. The van der Waals surface area contributed by atoms with E-state index in [1.54, 1.807) is 36.5 Å². The van der Waals surface area contributed by atoms with Crippen molar-refractivity contribution in [3.63, 3.8) is 0 Å². The van der Waals surface area contributed by atoms with Crippen LogP contribution in [0.5, 0.6) is 0 Å². The number of aromatic nitrogens is 1. The molecule has 0 saturated carbocycles. The maximum Gasteiger partial charge on any atom is 0.355 e. The van der Waals surface area contributed by atoms with E-state index in [0.29, 0.717) is 5.69 Å². The summed E-state index contributed by atoms with van der Waals surface area (Å²) in [4.78, 5) is 22.0. The van der Waals surface area contributed by atoms with Crippen molar-refractivity contribution in [3.8, 4) is 5.69 Å². The van der Waals surface area contributed by atoms with Gasteiger partial charge in [-0.3, -0.25) is 10.1 Å². The Kier molecular flexibility index (Phi) is 3.09. The monoisotopic (exact) mass is 246 g/mol. The van der Waals surface area contributed by atoms with E-state index in [1.807, 2.05) is 0 Å². The number of benzene rings is 1. The van der Waals surface area contributed by atoms with E-state index in [9.17, 15) is 14.9 Å². The van der Waals surface area contributed by atoms with Gasteiger partial charge < -0.3 is 9.30 Å². The normalized spacial score (nSPS) is 10.1. The number of carbonyl (C=O) groups excluding carboxylic acids is 1. The molecule has 0 aliphatic rings. The lowest BCUT2D eigenvalue weighted by molar-refractivity contribution is -0.384. The predicted octanol–water partition coefficient (Wildman–Crippen LogP) is 2.17. The first-order valence-electron chi connectivity index (χ1n) is 5.14. The first kappa shape index (κ1) is 11.8. The van der Waals surface area contributed by atoms with Crippen molar-refractivity contribution in [2.24, 2.45) is 0 Å². The molecule has 1 heterocycles. The van der Waals surface area contributed by atoms with Gasteiger partial charge in [0.25, 0.3) is 5.69 Å². The van der Waals surface area contributed by atoms with Gasteiger partial charge in [0.1, 0.15) is 11.4 Å². The van der Waals surface area contributed by atoms with Crippen LogP contribution in [0.4, 0.5) is 5.69 Å². The molecule has 2 aromatic rings. The highest BCUT2D eigenvalue weighted by Crippen LogP contribution is 2.24. The Morgan fingerprint density at radius 2 is 2.00 bits per heavy atom. The van der Waals surface area contributed by atoms with E-state index in [1.165, 1.54) is 17.7 Å². The van der Waals surface area contributed by atoms with Crippen LogP contribution in [-0.4, -0.2) is 22.6 Å². The van der Waals surface area contributed by atoms with Crippen molar-refractivity contribution >= 4 is 11.7 Å². The van der Waals surface area contributed by atoms with Crippen LogP contribution in [0.25, 0.3) is 5.69 Å². The minimum Gasteiger partial charge on any atom is -0.464 e. The molecule has 0 amide bonds. The molecule has 0 unspecified atom stereocenters. The average Bonchev–Trinajstić information content (AvgIpc) is 2.86. The minimum absolute atomic E-state index is 0.0705. The molecule has 0 aliphatic heterocycles.